The second kappa shape index (κ2) is 5.91. The maximum Gasteiger partial charge on any atom is 0.193 e. The first-order chi connectivity index (χ1) is 8.63. The van der Waals surface area contributed by atoms with E-state index in [4.69, 9.17) is 32.7 Å². The summed E-state index contributed by atoms with van der Waals surface area (Å²) in [6.07, 6.45) is 1.25. The van der Waals surface area contributed by atoms with E-state index >= 15 is 0 Å². The largest absolute Gasteiger partial charge is 0.492 e. The molecule has 1 aliphatic rings. The Bertz CT molecular complexity index is 454. The number of ketones is 1. The summed E-state index contributed by atoms with van der Waals surface area (Å²) >= 11 is 12.1. The molecule has 0 saturated carbocycles. The SMILES string of the molecule is CCOc1cc(Cl)c(C(=O)C2CCCO2)cc1Cl. The lowest BCUT2D eigenvalue weighted by molar-refractivity contribution is 0.0643. The van der Waals surface area contributed by atoms with Crippen molar-refractivity contribution in [3.63, 3.8) is 0 Å². The minimum absolute atomic E-state index is 0.109. The molecule has 0 aliphatic carbocycles. The van der Waals surface area contributed by atoms with E-state index in [1.807, 2.05) is 6.92 Å². The van der Waals surface area contributed by atoms with Gasteiger partial charge < -0.3 is 9.47 Å². The second-order valence-corrected chi connectivity index (χ2v) is 4.88. The molecule has 2 rings (SSSR count). The van der Waals surface area contributed by atoms with Crippen LogP contribution in [0.2, 0.25) is 10.0 Å². The summed E-state index contributed by atoms with van der Waals surface area (Å²) in [7, 11) is 0. The van der Waals surface area contributed by atoms with Gasteiger partial charge in [0.15, 0.2) is 5.78 Å². The van der Waals surface area contributed by atoms with Gasteiger partial charge in [-0.15, -0.1) is 0 Å². The van der Waals surface area contributed by atoms with E-state index in [-0.39, 0.29) is 5.78 Å². The summed E-state index contributed by atoms with van der Waals surface area (Å²) in [6, 6.07) is 3.13. The van der Waals surface area contributed by atoms with E-state index in [9.17, 15) is 4.79 Å². The van der Waals surface area contributed by atoms with Gasteiger partial charge in [-0.3, -0.25) is 4.79 Å². The number of ether oxygens (including phenoxy) is 2. The summed E-state index contributed by atoms with van der Waals surface area (Å²) in [4.78, 5) is 12.2. The van der Waals surface area contributed by atoms with Crippen molar-refractivity contribution in [2.24, 2.45) is 0 Å². The molecule has 3 nitrogen and oxygen atoms in total. The fourth-order valence-corrected chi connectivity index (χ4v) is 2.41. The lowest BCUT2D eigenvalue weighted by Gasteiger charge is -2.12. The molecule has 98 valence electrons. The number of rotatable bonds is 4. The number of Topliss-reactive ketones (excluding diaryl/α,β-unsaturated/α-hetero) is 1. The van der Waals surface area contributed by atoms with Crippen LogP contribution < -0.4 is 4.74 Å². The van der Waals surface area contributed by atoms with Crippen LogP contribution in [0.25, 0.3) is 0 Å². The number of hydrogen-bond acceptors (Lipinski definition) is 3. The van der Waals surface area contributed by atoms with E-state index < -0.39 is 6.10 Å². The maximum atomic E-state index is 12.2. The molecule has 0 bridgehead atoms. The van der Waals surface area contributed by atoms with Crippen molar-refractivity contribution in [1.82, 2.24) is 0 Å². The highest BCUT2D eigenvalue weighted by molar-refractivity contribution is 6.37. The minimum atomic E-state index is -0.392. The predicted octanol–water partition coefficient (Wildman–Crippen LogP) is 3.75. The average molecular weight is 289 g/mol. The number of carbonyl (C=O) groups excluding carboxylic acids is 1. The molecule has 0 amide bonds. The summed E-state index contributed by atoms with van der Waals surface area (Å²) < 4.78 is 10.7. The number of carbonyl (C=O) groups is 1. The Morgan fingerprint density at radius 3 is 2.83 bits per heavy atom. The van der Waals surface area contributed by atoms with Gasteiger partial charge in [-0.05, 0) is 25.8 Å². The Balaban J connectivity index is 2.27. The van der Waals surface area contributed by atoms with Crippen molar-refractivity contribution in [3.8, 4) is 5.75 Å². The first-order valence-corrected chi connectivity index (χ1v) is 6.66. The fraction of sp³-hybridized carbons (Fsp3) is 0.462. The highest BCUT2D eigenvalue weighted by Crippen LogP contribution is 2.33. The summed E-state index contributed by atoms with van der Waals surface area (Å²) in [6.45, 7) is 2.98. The Hall–Kier alpha value is -0.770. The highest BCUT2D eigenvalue weighted by atomic mass is 35.5. The zero-order valence-corrected chi connectivity index (χ0v) is 11.6. The van der Waals surface area contributed by atoms with Crippen LogP contribution in [0, 0.1) is 0 Å². The van der Waals surface area contributed by atoms with E-state index in [0.717, 1.165) is 12.8 Å². The third-order valence-corrected chi connectivity index (χ3v) is 3.42. The molecular formula is C13H14Cl2O3. The highest BCUT2D eigenvalue weighted by Gasteiger charge is 2.27. The van der Waals surface area contributed by atoms with Crippen LogP contribution in [0.1, 0.15) is 30.1 Å². The van der Waals surface area contributed by atoms with Crippen LogP contribution in [0.4, 0.5) is 0 Å². The molecule has 5 heteroatoms. The van der Waals surface area contributed by atoms with Gasteiger partial charge in [0.05, 0.1) is 16.7 Å². The Morgan fingerprint density at radius 1 is 1.44 bits per heavy atom. The van der Waals surface area contributed by atoms with Gasteiger partial charge >= 0.3 is 0 Å². The maximum absolute atomic E-state index is 12.2. The topological polar surface area (TPSA) is 35.5 Å². The Kier molecular flexibility index (Phi) is 4.49. The van der Waals surface area contributed by atoms with Gasteiger partial charge in [-0.25, -0.2) is 0 Å². The quantitative estimate of drug-likeness (QED) is 0.792. The molecule has 1 heterocycles. The van der Waals surface area contributed by atoms with E-state index in [1.54, 1.807) is 12.1 Å². The molecule has 1 unspecified atom stereocenters. The third kappa shape index (κ3) is 2.79. The van der Waals surface area contributed by atoms with Crippen LogP contribution in [-0.2, 0) is 4.74 Å². The first kappa shape index (κ1) is 13.7. The standard InChI is InChI=1S/C13H14Cl2O3/c1-2-17-12-7-9(14)8(6-10(12)15)13(16)11-4-3-5-18-11/h6-7,11H,2-5H2,1H3. The van der Waals surface area contributed by atoms with Crippen molar-refractivity contribution >= 4 is 29.0 Å². The van der Waals surface area contributed by atoms with Crippen molar-refractivity contribution in [3.05, 3.63) is 27.7 Å². The molecule has 1 saturated heterocycles. The van der Waals surface area contributed by atoms with Gasteiger partial charge in [-0.2, -0.15) is 0 Å². The number of halogens is 2. The van der Waals surface area contributed by atoms with Crippen molar-refractivity contribution in [2.75, 3.05) is 13.2 Å². The average Bonchev–Trinajstić information content (AvgIpc) is 2.86. The number of benzene rings is 1. The lowest BCUT2D eigenvalue weighted by Crippen LogP contribution is -2.19. The molecule has 1 aromatic rings. The summed E-state index contributed by atoms with van der Waals surface area (Å²) in [5.41, 5.74) is 0.400. The van der Waals surface area contributed by atoms with Crippen LogP contribution >= 0.6 is 23.2 Å². The van der Waals surface area contributed by atoms with Crippen molar-refractivity contribution in [2.45, 2.75) is 25.9 Å². The summed E-state index contributed by atoms with van der Waals surface area (Å²) in [5.74, 6) is 0.385. The van der Waals surface area contributed by atoms with Gasteiger partial charge in [0, 0.05) is 18.2 Å². The van der Waals surface area contributed by atoms with E-state index in [2.05, 4.69) is 0 Å². The van der Waals surface area contributed by atoms with Crippen molar-refractivity contribution < 1.29 is 14.3 Å². The lowest BCUT2D eigenvalue weighted by atomic mass is 10.0. The van der Waals surface area contributed by atoms with E-state index in [1.165, 1.54) is 0 Å². The van der Waals surface area contributed by atoms with Gasteiger partial charge in [-0.1, -0.05) is 23.2 Å². The Morgan fingerprint density at radius 2 is 2.22 bits per heavy atom. The molecule has 0 radical (unpaired) electrons. The normalized spacial score (nSPS) is 18.9. The minimum Gasteiger partial charge on any atom is -0.492 e. The zero-order chi connectivity index (χ0) is 13.1. The molecule has 1 atom stereocenters. The van der Waals surface area contributed by atoms with Gasteiger partial charge in [0.25, 0.3) is 0 Å². The van der Waals surface area contributed by atoms with E-state index in [0.29, 0.717) is 34.6 Å². The van der Waals surface area contributed by atoms with Crippen LogP contribution in [-0.4, -0.2) is 25.1 Å². The fourth-order valence-electron chi connectivity index (χ4n) is 1.94. The first-order valence-electron chi connectivity index (χ1n) is 5.91. The summed E-state index contributed by atoms with van der Waals surface area (Å²) in [5, 5.41) is 0.742. The smallest absolute Gasteiger partial charge is 0.193 e. The second-order valence-electron chi connectivity index (χ2n) is 4.06. The molecule has 1 aliphatic heterocycles. The van der Waals surface area contributed by atoms with Crippen molar-refractivity contribution in [1.29, 1.82) is 0 Å². The molecule has 1 aromatic carbocycles. The van der Waals surface area contributed by atoms with Crippen LogP contribution in [0.5, 0.6) is 5.75 Å². The monoisotopic (exact) mass is 288 g/mol. The molecule has 18 heavy (non-hydrogen) atoms. The predicted molar refractivity (Wildman–Crippen MR) is 70.9 cm³/mol. The molecule has 0 aromatic heterocycles. The van der Waals surface area contributed by atoms with Crippen LogP contribution in [0.15, 0.2) is 12.1 Å². The number of hydrogen-bond donors (Lipinski definition) is 0. The molecule has 0 N–H and O–H groups in total. The van der Waals surface area contributed by atoms with Gasteiger partial charge in [0.2, 0.25) is 0 Å². The molecular weight excluding hydrogens is 275 g/mol. The zero-order valence-electron chi connectivity index (χ0n) is 10.0. The van der Waals surface area contributed by atoms with Crippen LogP contribution in [0.3, 0.4) is 0 Å². The molecule has 0 spiro atoms. The molecule has 1 fully saturated rings. The third-order valence-electron chi connectivity index (χ3n) is 2.81. The van der Waals surface area contributed by atoms with Gasteiger partial charge in [0.1, 0.15) is 11.9 Å². The Labute approximate surface area is 116 Å².